The smallest absolute Gasteiger partial charge is 0.115 e. The lowest BCUT2D eigenvalue weighted by Gasteiger charge is -2.59. The Balaban J connectivity index is 1.54. The number of hydrogen-bond acceptors (Lipinski definition) is 2. The number of aromatic hydroxyl groups is 1. The van der Waals surface area contributed by atoms with Crippen molar-refractivity contribution < 1.29 is 5.11 Å². The molecule has 2 nitrogen and oxygen atoms in total. The monoisotopic (exact) mass is 333 g/mol. The van der Waals surface area contributed by atoms with Gasteiger partial charge in [0.2, 0.25) is 0 Å². The summed E-state index contributed by atoms with van der Waals surface area (Å²) in [5, 5.41) is 10.1. The Morgan fingerprint density at radius 1 is 1.04 bits per heavy atom. The van der Waals surface area contributed by atoms with Gasteiger partial charge in [-0.1, -0.05) is 49.2 Å². The van der Waals surface area contributed by atoms with Crippen molar-refractivity contribution in [1.29, 1.82) is 0 Å². The van der Waals surface area contributed by atoms with Gasteiger partial charge in [0.15, 0.2) is 0 Å². The highest BCUT2D eigenvalue weighted by Gasteiger charge is 2.53. The fourth-order valence-corrected chi connectivity index (χ4v) is 6.09. The fraction of sp³-hybridized carbons (Fsp3) is 0.478. The van der Waals surface area contributed by atoms with E-state index in [1.54, 1.807) is 0 Å². The van der Waals surface area contributed by atoms with Gasteiger partial charge in [-0.25, -0.2) is 0 Å². The molecule has 5 rings (SSSR count). The zero-order valence-corrected chi connectivity index (χ0v) is 14.8. The van der Waals surface area contributed by atoms with E-state index < -0.39 is 0 Å². The second-order valence-corrected chi connectivity index (χ2v) is 8.33. The van der Waals surface area contributed by atoms with Gasteiger partial charge in [-0.2, -0.15) is 0 Å². The molecular weight excluding hydrogens is 306 g/mol. The molecular formula is C23H27NO. The first kappa shape index (κ1) is 15.5. The molecule has 130 valence electrons. The first-order valence-electron chi connectivity index (χ1n) is 9.87. The van der Waals surface area contributed by atoms with Gasteiger partial charge in [-0.3, -0.25) is 4.90 Å². The van der Waals surface area contributed by atoms with Gasteiger partial charge in [0.1, 0.15) is 5.75 Å². The molecule has 2 bridgehead atoms. The normalized spacial score (nSPS) is 31.2. The van der Waals surface area contributed by atoms with E-state index in [-0.39, 0.29) is 0 Å². The number of benzene rings is 2. The Labute approximate surface area is 150 Å². The van der Waals surface area contributed by atoms with Crippen LogP contribution in [0, 0.1) is 5.92 Å². The van der Waals surface area contributed by atoms with Crippen LogP contribution < -0.4 is 0 Å². The van der Waals surface area contributed by atoms with Crippen molar-refractivity contribution in [2.75, 3.05) is 6.54 Å². The van der Waals surface area contributed by atoms with Gasteiger partial charge in [0.25, 0.3) is 0 Å². The van der Waals surface area contributed by atoms with Crippen molar-refractivity contribution in [2.24, 2.45) is 5.92 Å². The van der Waals surface area contributed by atoms with E-state index in [9.17, 15) is 5.11 Å². The molecule has 2 aliphatic carbocycles. The van der Waals surface area contributed by atoms with Gasteiger partial charge in [-0.05, 0) is 67.0 Å². The molecule has 1 aliphatic heterocycles. The SMILES string of the molecule is Oc1ccc2c(c1)[C@]13CCCC[C@H]1[C@@H](C2)N(Cc1ccccc1)CC3. The fourth-order valence-electron chi connectivity index (χ4n) is 6.09. The second kappa shape index (κ2) is 5.88. The molecule has 2 aromatic rings. The minimum absolute atomic E-state index is 0.322. The molecule has 2 fully saturated rings. The molecule has 3 aliphatic rings. The van der Waals surface area contributed by atoms with Crippen LogP contribution in [0.5, 0.6) is 5.75 Å². The number of hydrogen-bond donors (Lipinski definition) is 1. The zero-order chi connectivity index (χ0) is 16.9. The third-order valence-corrected chi connectivity index (χ3v) is 7.16. The molecule has 1 N–H and O–H groups in total. The minimum Gasteiger partial charge on any atom is -0.508 e. The third kappa shape index (κ3) is 2.42. The molecule has 1 heterocycles. The second-order valence-electron chi connectivity index (χ2n) is 8.33. The molecule has 3 atom stereocenters. The van der Waals surface area contributed by atoms with Crippen molar-refractivity contribution in [1.82, 2.24) is 4.90 Å². The first-order valence-corrected chi connectivity index (χ1v) is 9.87. The van der Waals surface area contributed by atoms with Crippen LogP contribution in [0.2, 0.25) is 0 Å². The summed E-state index contributed by atoms with van der Waals surface area (Å²) in [6.07, 6.45) is 7.77. The quantitative estimate of drug-likeness (QED) is 0.864. The highest BCUT2D eigenvalue weighted by Crippen LogP contribution is 2.56. The molecule has 0 spiro atoms. The van der Waals surface area contributed by atoms with E-state index in [1.807, 2.05) is 6.07 Å². The molecule has 25 heavy (non-hydrogen) atoms. The summed E-state index contributed by atoms with van der Waals surface area (Å²) in [4.78, 5) is 2.75. The number of likely N-dealkylation sites (tertiary alicyclic amines) is 1. The predicted octanol–water partition coefficient (Wildman–Crippen LogP) is 4.65. The van der Waals surface area contributed by atoms with Crippen LogP contribution in [0.4, 0.5) is 0 Å². The van der Waals surface area contributed by atoms with Crippen LogP contribution in [0.15, 0.2) is 48.5 Å². The van der Waals surface area contributed by atoms with Crippen LogP contribution in [-0.2, 0) is 18.4 Å². The first-order chi connectivity index (χ1) is 12.3. The number of piperidine rings is 1. The van der Waals surface area contributed by atoms with Gasteiger partial charge in [0, 0.05) is 18.0 Å². The third-order valence-electron chi connectivity index (χ3n) is 7.16. The lowest BCUT2D eigenvalue weighted by atomic mass is 9.52. The summed E-state index contributed by atoms with van der Waals surface area (Å²) < 4.78 is 0. The summed E-state index contributed by atoms with van der Waals surface area (Å²) in [5.41, 5.74) is 4.72. The average Bonchev–Trinajstić information content (AvgIpc) is 2.65. The number of rotatable bonds is 2. The Morgan fingerprint density at radius 3 is 2.80 bits per heavy atom. The van der Waals surface area contributed by atoms with Gasteiger partial charge >= 0.3 is 0 Å². The summed E-state index contributed by atoms with van der Waals surface area (Å²) >= 11 is 0. The van der Waals surface area contributed by atoms with E-state index >= 15 is 0 Å². The standard InChI is InChI=1S/C23H27NO/c25-19-10-9-18-14-22-20-8-4-5-11-23(20,21(18)15-19)12-13-24(22)16-17-6-2-1-3-7-17/h1-3,6-7,9-10,15,20,22,25H,4-5,8,11-14,16H2/t20-,22+,23-/m0/s1. The summed E-state index contributed by atoms with van der Waals surface area (Å²) in [6, 6.07) is 17.8. The maximum atomic E-state index is 10.1. The van der Waals surface area contributed by atoms with Crippen LogP contribution in [-0.4, -0.2) is 22.6 Å². The molecule has 0 amide bonds. The van der Waals surface area contributed by atoms with E-state index in [1.165, 1.54) is 55.3 Å². The van der Waals surface area contributed by atoms with Gasteiger partial charge < -0.3 is 5.11 Å². The molecule has 1 saturated heterocycles. The van der Waals surface area contributed by atoms with Crippen molar-refractivity contribution >= 4 is 0 Å². The molecule has 0 unspecified atom stereocenters. The summed E-state index contributed by atoms with van der Waals surface area (Å²) in [7, 11) is 0. The number of phenolic OH excluding ortho intramolecular Hbond substituents is 1. The lowest BCUT2D eigenvalue weighted by molar-refractivity contribution is -0.0157. The zero-order valence-electron chi connectivity index (χ0n) is 14.8. The topological polar surface area (TPSA) is 23.5 Å². The summed E-state index contributed by atoms with van der Waals surface area (Å²) in [6.45, 7) is 2.26. The Bertz CT molecular complexity index is 771. The largest absolute Gasteiger partial charge is 0.508 e. The predicted molar refractivity (Wildman–Crippen MR) is 101 cm³/mol. The van der Waals surface area contributed by atoms with Crippen LogP contribution in [0.1, 0.15) is 48.8 Å². The van der Waals surface area contributed by atoms with Crippen molar-refractivity contribution in [2.45, 2.75) is 56.5 Å². The molecule has 0 aromatic heterocycles. The van der Waals surface area contributed by atoms with Crippen molar-refractivity contribution in [3.05, 3.63) is 65.2 Å². The van der Waals surface area contributed by atoms with Gasteiger partial charge in [-0.15, -0.1) is 0 Å². The maximum absolute atomic E-state index is 10.1. The number of fused-ring (bicyclic) bond motifs is 1. The number of nitrogens with zero attached hydrogens (tertiary/aromatic N) is 1. The summed E-state index contributed by atoms with van der Waals surface area (Å²) in [5.74, 6) is 1.20. The highest BCUT2D eigenvalue weighted by atomic mass is 16.3. The maximum Gasteiger partial charge on any atom is 0.115 e. The van der Waals surface area contributed by atoms with Crippen LogP contribution in [0.25, 0.3) is 0 Å². The molecule has 1 saturated carbocycles. The lowest BCUT2D eigenvalue weighted by Crippen LogP contribution is -2.60. The highest BCUT2D eigenvalue weighted by molar-refractivity contribution is 5.45. The molecule has 2 aromatic carbocycles. The van der Waals surface area contributed by atoms with E-state index in [0.717, 1.165) is 18.9 Å². The average molecular weight is 333 g/mol. The van der Waals surface area contributed by atoms with E-state index in [2.05, 4.69) is 47.4 Å². The van der Waals surface area contributed by atoms with Crippen LogP contribution in [0.3, 0.4) is 0 Å². The Kier molecular flexibility index (Phi) is 3.63. The Morgan fingerprint density at radius 2 is 1.92 bits per heavy atom. The van der Waals surface area contributed by atoms with Gasteiger partial charge in [0.05, 0.1) is 0 Å². The molecule has 0 radical (unpaired) electrons. The van der Waals surface area contributed by atoms with Crippen molar-refractivity contribution in [3.8, 4) is 5.75 Å². The number of phenols is 1. The van der Waals surface area contributed by atoms with E-state index in [0.29, 0.717) is 17.2 Å². The van der Waals surface area contributed by atoms with Crippen LogP contribution >= 0.6 is 0 Å². The minimum atomic E-state index is 0.322. The van der Waals surface area contributed by atoms with Crippen molar-refractivity contribution in [3.63, 3.8) is 0 Å². The molecule has 2 heteroatoms. The Hall–Kier alpha value is -1.80. The van der Waals surface area contributed by atoms with E-state index in [4.69, 9.17) is 0 Å².